The highest BCUT2D eigenvalue weighted by molar-refractivity contribution is 5.71. The SMILES string of the molecule is CC(C)CCOC(=O)CN(Cc1ccccc1)C1CCCCC1. The fraction of sp³-hybridized carbons (Fsp3) is 0.650. The smallest absolute Gasteiger partial charge is 0.320 e. The standard InChI is InChI=1S/C20H31NO2/c1-17(2)13-14-23-20(22)16-21(19-11-7-4-8-12-19)15-18-9-5-3-6-10-18/h3,5-6,9-10,17,19H,4,7-8,11-16H2,1-2H3. The van der Waals surface area contributed by atoms with E-state index in [1.807, 2.05) is 6.07 Å². The van der Waals surface area contributed by atoms with Gasteiger partial charge in [0, 0.05) is 12.6 Å². The predicted molar refractivity (Wildman–Crippen MR) is 94.1 cm³/mol. The maximum atomic E-state index is 12.2. The van der Waals surface area contributed by atoms with E-state index in [1.165, 1.54) is 37.7 Å². The van der Waals surface area contributed by atoms with Crippen LogP contribution in [0, 0.1) is 5.92 Å². The van der Waals surface area contributed by atoms with Crippen molar-refractivity contribution < 1.29 is 9.53 Å². The summed E-state index contributed by atoms with van der Waals surface area (Å²) in [4.78, 5) is 14.5. The Morgan fingerprint density at radius 3 is 2.52 bits per heavy atom. The Morgan fingerprint density at radius 1 is 1.17 bits per heavy atom. The highest BCUT2D eigenvalue weighted by Gasteiger charge is 2.23. The molecule has 0 aromatic heterocycles. The van der Waals surface area contributed by atoms with E-state index in [2.05, 4.69) is 43.0 Å². The molecule has 0 atom stereocenters. The molecule has 23 heavy (non-hydrogen) atoms. The van der Waals surface area contributed by atoms with Gasteiger partial charge in [-0.15, -0.1) is 0 Å². The Hall–Kier alpha value is -1.35. The van der Waals surface area contributed by atoms with Gasteiger partial charge in [-0.2, -0.15) is 0 Å². The minimum absolute atomic E-state index is 0.0767. The van der Waals surface area contributed by atoms with Crippen molar-refractivity contribution in [3.63, 3.8) is 0 Å². The van der Waals surface area contributed by atoms with Crippen LogP contribution in [0.4, 0.5) is 0 Å². The maximum Gasteiger partial charge on any atom is 0.320 e. The lowest BCUT2D eigenvalue weighted by atomic mass is 9.94. The fourth-order valence-electron chi connectivity index (χ4n) is 3.20. The summed E-state index contributed by atoms with van der Waals surface area (Å²) in [7, 11) is 0. The van der Waals surface area contributed by atoms with E-state index >= 15 is 0 Å². The molecule has 0 bridgehead atoms. The fourth-order valence-corrected chi connectivity index (χ4v) is 3.20. The summed E-state index contributed by atoms with van der Waals surface area (Å²) in [6.45, 7) is 6.10. The van der Waals surface area contributed by atoms with Crippen LogP contribution in [0.3, 0.4) is 0 Å². The summed E-state index contributed by atoms with van der Waals surface area (Å²) < 4.78 is 5.43. The lowest BCUT2D eigenvalue weighted by molar-refractivity contribution is -0.146. The molecule has 1 fully saturated rings. The minimum atomic E-state index is -0.0767. The van der Waals surface area contributed by atoms with Crippen molar-refractivity contribution in [1.29, 1.82) is 0 Å². The molecule has 1 aliphatic carbocycles. The molecule has 0 aliphatic heterocycles. The first-order valence-corrected chi connectivity index (χ1v) is 9.08. The van der Waals surface area contributed by atoms with Crippen LogP contribution in [0.1, 0.15) is 57.9 Å². The van der Waals surface area contributed by atoms with Crippen LogP contribution >= 0.6 is 0 Å². The van der Waals surface area contributed by atoms with Gasteiger partial charge in [-0.25, -0.2) is 0 Å². The lowest BCUT2D eigenvalue weighted by Gasteiger charge is -2.33. The monoisotopic (exact) mass is 317 g/mol. The van der Waals surface area contributed by atoms with Crippen molar-refractivity contribution in [2.24, 2.45) is 5.92 Å². The number of nitrogens with zero attached hydrogens (tertiary/aromatic N) is 1. The molecule has 0 radical (unpaired) electrons. The third-order valence-corrected chi connectivity index (χ3v) is 4.61. The number of ether oxygens (including phenoxy) is 1. The Balaban J connectivity index is 1.91. The van der Waals surface area contributed by atoms with Gasteiger partial charge in [0.05, 0.1) is 13.2 Å². The zero-order valence-corrected chi connectivity index (χ0v) is 14.7. The molecule has 0 saturated heterocycles. The van der Waals surface area contributed by atoms with Gasteiger partial charge >= 0.3 is 5.97 Å². The summed E-state index contributed by atoms with van der Waals surface area (Å²) in [6.07, 6.45) is 7.22. The van der Waals surface area contributed by atoms with Gasteiger partial charge in [0.1, 0.15) is 0 Å². The molecule has 0 unspecified atom stereocenters. The largest absolute Gasteiger partial charge is 0.465 e. The molecule has 0 spiro atoms. The number of carbonyl (C=O) groups is 1. The number of hydrogen-bond acceptors (Lipinski definition) is 3. The second-order valence-electron chi connectivity index (χ2n) is 7.09. The molecule has 3 nitrogen and oxygen atoms in total. The predicted octanol–water partition coefficient (Wildman–Crippen LogP) is 4.41. The van der Waals surface area contributed by atoms with Crippen LogP contribution in [0.15, 0.2) is 30.3 Å². The summed E-state index contributed by atoms with van der Waals surface area (Å²) in [6, 6.07) is 11.0. The second-order valence-corrected chi connectivity index (χ2v) is 7.09. The second kappa shape index (κ2) is 9.71. The van der Waals surface area contributed by atoms with Gasteiger partial charge in [0.2, 0.25) is 0 Å². The Bertz CT molecular complexity index is 452. The Kier molecular flexibility index (Phi) is 7.60. The topological polar surface area (TPSA) is 29.5 Å². The van der Waals surface area contributed by atoms with Crippen molar-refractivity contribution in [2.45, 2.75) is 65.0 Å². The Morgan fingerprint density at radius 2 is 1.87 bits per heavy atom. The number of carbonyl (C=O) groups excluding carboxylic acids is 1. The van der Waals surface area contributed by atoms with Crippen LogP contribution in [-0.4, -0.2) is 30.1 Å². The molecule has 2 rings (SSSR count). The van der Waals surface area contributed by atoms with Crippen molar-refractivity contribution in [3.05, 3.63) is 35.9 Å². The van der Waals surface area contributed by atoms with E-state index in [4.69, 9.17) is 4.74 Å². The maximum absolute atomic E-state index is 12.2. The molecule has 3 heteroatoms. The summed E-state index contributed by atoms with van der Waals surface area (Å²) in [5.74, 6) is 0.494. The lowest BCUT2D eigenvalue weighted by Crippen LogP contribution is -2.40. The van der Waals surface area contributed by atoms with Crippen molar-refractivity contribution in [2.75, 3.05) is 13.2 Å². The van der Waals surface area contributed by atoms with E-state index < -0.39 is 0 Å². The van der Waals surface area contributed by atoms with E-state index in [-0.39, 0.29) is 5.97 Å². The highest BCUT2D eigenvalue weighted by Crippen LogP contribution is 2.24. The third kappa shape index (κ3) is 6.74. The molecular formula is C20H31NO2. The van der Waals surface area contributed by atoms with Crippen LogP contribution < -0.4 is 0 Å². The van der Waals surface area contributed by atoms with Gasteiger partial charge in [0.15, 0.2) is 0 Å². The zero-order chi connectivity index (χ0) is 16.5. The molecule has 0 N–H and O–H groups in total. The first-order valence-electron chi connectivity index (χ1n) is 9.08. The van der Waals surface area contributed by atoms with Crippen molar-refractivity contribution >= 4 is 5.97 Å². The van der Waals surface area contributed by atoms with E-state index in [0.29, 0.717) is 25.1 Å². The van der Waals surface area contributed by atoms with E-state index in [0.717, 1.165) is 13.0 Å². The molecule has 128 valence electrons. The number of benzene rings is 1. The van der Waals surface area contributed by atoms with Crippen molar-refractivity contribution in [1.82, 2.24) is 4.90 Å². The number of hydrogen-bond donors (Lipinski definition) is 0. The average molecular weight is 317 g/mol. The van der Waals surface area contributed by atoms with Crippen LogP contribution in [0.2, 0.25) is 0 Å². The average Bonchev–Trinajstić information content (AvgIpc) is 2.56. The molecule has 1 aliphatic rings. The molecule has 0 heterocycles. The van der Waals surface area contributed by atoms with E-state index in [1.54, 1.807) is 0 Å². The van der Waals surface area contributed by atoms with Gasteiger partial charge < -0.3 is 4.74 Å². The summed E-state index contributed by atoms with van der Waals surface area (Å²) in [5.41, 5.74) is 1.27. The molecule has 1 aromatic carbocycles. The molecular weight excluding hydrogens is 286 g/mol. The van der Waals surface area contributed by atoms with Gasteiger partial charge in [-0.05, 0) is 30.7 Å². The van der Waals surface area contributed by atoms with Gasteiger partial charge in [0.25, 0.3) is 0 Å². The zero-order valence-electron chi connectivity index (χ0n) is 14.7. The van der Waals surface area contributed by atoms with E-state index in [9.17, 15) is 4.79 Å². The van der Waals surface area contributed by atoms with Crippen LogP contribution in [-0.2, 0) is 16.1 Å². The molecule has 1 saturated carbocycles. The van der Waals surface area contributed by atoms with Crippen LogP contribution in [0.25, 0.3) is 0 Å². The Labute approximate surface area is 141 Å². The highest BCUT2D eigenvalue weighted by atomic mass is 16.5. The number of esters is 1. The first-order chi connectivity index (χ1) is 11.1. The number of rotatable bonds is 8. The molecule has 0 amide bonds. The van der Waals surface area contributed by atoms with Gasteiger partial charge in [-0.1, -0.05) is 63.4 Å². The quantitative estimate of drug-likeness (QED) is 0.665. The normalized spacial score (nSPS) is 16.0. The summed E-state index contributed by atoms with van der Waals surface area (Å²) in [5, 5.41) is 0. The van der Waals surface area contributed by atoms with Crippen LogP contribution in [0.5, 0.6) is 0 Å². The third-order valence-electron chi connectivity index (χ3n) is 4.61. The van der Waals surface area contributed by atoms with Gasteiger partial charge in [-0.3, -0.25) is 9.69 Å². The molecule has 1 aromatic rings. The first kappa shape index (κ1) is 18.0. The summed E-state index contributed by atoms with van der Waals surface area (Å²) >= 11 is 0. The minimum Gasteiger partial charge on any atom is -0.465 e. The van der Waals surface area contributed by atoms with Crippen molar-refractivity contribution in [3.8, 4) is 0 Å².